The largest absolute Gasteiger partial charge is 0.481 e. The van der Waals surface area contributed by atoms with Gasteiger partial charge in [0.15, 0.2) is 0 Å². The lowest BCUT2D eigenvalue weighted by atomic mass is 10.0. The van der Waals surface area contributed by atoms with Gasteiger partial charge in [-0.25, -0.2) is 0 Å². The molecule has 2 rings (SSSR count). The third kappa shape index (κ3) is 2.51. The number of carboxylic acids is 1. The van der Waals surface area contributed by atoms with Crippen molar-refractivity contribution in [3.8, 4) is 0 Å². The lowest BCUT2D eigenvalue weighted by Gasteiger charge is -2.42. The number of carboxylic acid groups (broad SMARTS) is 1. The molecule has 0 amide bonds. The second kappa shape index (κ2) is 4.76. The van der Waals surface area contributed by atoms with Gasteiger partial charge in [-0.1, -0.05) is 0 Å². The van der Waals surface area contributed by atoms with Crippen molar-refractivity contribution in [2.75, 3.05) is 26.2 Å². The Kier molecular flexibility index (Phi) is 3.63. The van der Waals surface area contributed by atoms with Crippen molar-refractivity contribution < 1.29 is 23.1 Å². The van der Waals surface area contributed by atoms with Crippen LogP contribution in [0.4, 0.5) is 0 Å². The van der Waals surface area contributed by atoms with E-state index in [0.717, 1.165) is 0 Å². The number of hydrogen-bond donors (Lipinski definition) is 1. The van der Waals surface area contributed by atoms with Crippen LogP contribution in [-0.4, -0.2) is 66.5 Å². The SMILES string of the molecule is CC1CN(S(=O)(=O)N2CC(C(=O)O)C2)CC(C)O1. The topological polar surface area (TPSA) is 87.2 Å². The van der Waals surface area contributed by atoms with Crippen LogP contribution >= 0.6 is 0 Å². The van der Waals surface area contributed by atoms with E-state index in [1.807, 2.05) is 13.8 Å². The highest BCUT2D eigenvalue weighted by molar-refractivity contribution is 7.86. The van der Waals surface area contributed by atoms with E-state index >= 15 is 0 Å². The summed E-state index contributed by atoms with van der Waals surface area (Å²) >= 11 is 0. The third-order valence-electron chi connectivity index (χ3n) is 3.24. The summed E-state index contributed by atoms with van der Waals surface area (Å²) in [6, 6.07) is 0. The quantitative estimate of drug-likeness (QED) is 0.742. The minimum absolute atomic E-state index is 0.0672. The van der Waals surface area contributed by atoms with E-state index in [-0.39, 0.29) is 25.3 Å². The standard InChI is InChI=1S/C10H18N2O5S/c1-7-3-11(4-8(2)17-7)18(15,16)12-5-9(6-12)10(13)14/h7-9H,3-6H2,1-2H3,(H,13,14). The maximum atomic E-state index is 12.2. The monoisotopic (exact) mass is 278 g/mol. The summed E-state index contributed by atoms with van der Waals surface area (Å²) in [5, 5.41) is 8.76. The first-order valence-electron chi connectivity index (χ1n) is 5.94. The number of nitrogens with zero attached hydrogens (tertiary/aromatic N) is 2. The molecule has 0 aromatic rings. The van der Waals surface area contributed by atoms with Gasteiger partial charge in [-0.15, -0.1) is 0 Å². The molecule has 1 N–H and O–H groups in total. The molecule has 18 heavy (non-hydrogen) atoms. The van der Waals surface area contributed by atoms with Gasteiger partial charge in [0, 0.05) is 26.2 Å². The van der Waals surface area contributed by atoms with Gasteiger partial charge >= 0.3 is 5.97 Å². The molecule has 0 aliphatic carbocycles. The predicted octanol–water partition coefficient (Wildman–Crippen LogP) is -0.643. The molecule has 2 saturated heterocycles. The second-order valence-electron chi connectivity index (χ2n) is 4.93. The molecule has 2 fully saturated rings. The molecule has 8 heteroatoms. The van der Waals surface area contributed by atoms with E-state index < -0.39 is 22.1 Å². The fourth-order valence-corrected chi connectivity index (χ4v) is 4.12. The molecule has 0 aromatic carbocycles. The summed E-state index contributed by atoms with van der Waals surface area (Å²) in [7, 11) is -3.53. The maximum absolute atomic E-state index is 12.2. The molecule has 7 nitrogen and oxygen atoms in total. The van der Waals surface area contributed by atoms with Gasteiger partial charge in [-0.05, 0) is 13.8 Å². The first-order chi connectivity index (χ1) is 8.30. The van der Waals surface area contributed by atoms with Crippen molar-refractivity contribution in [1.29, 1.82) is 0 Å². The van der Waals surface area contributed by atoms with Crippen LogP contribution in [0.3, 0.4) is 0 Å². The molecule has 2 aliphatic heterocycles. The highest BCUT2D eigenvalue weighted by atomic mass is 32.2. The van der Waals surface area contributed by atoms with Crippen LogP contribution in [0.2, 0.25) is 0 Å². The smallest absolute Gasteiger partial charge is 0.309 e. The van der Waals surface area contributed by atoms with Crippen molar-refractivity contribution in [3.63, 3.8) is 0 Å². The average Bonchev–Trinajstić information content (AvgIpc) is 2.11. The Bertz CT molecular complexity index is 422. The van der Waals surface area contributed by atoms with Gasteiger partial charge in [-0.2, -0.15) is 17.0 Å². The van der Waals surface area contributed by atoms with E-state index in [4.69, 9.17) is 9.84 Å². The Morgan fingerprint density at radius 3 is 2.00 bits per heavy atom. The number of hydrogen-bond acceptors (Lipinski definition) is 4. The Morgan fingerprint density at radius 1 is 1.11 bits per heavy atom. The summed E-state index contributed by atoms with van der Waals surface area (Å²) in [6.45, 7) is 4.43. The van der Waals surface area contributed by atoms with Crippen molar-refractivity contribution in [2.24, 2.45) is 5.92 Å². The van der Waals surface area contributed by atoms with Crippen molar-refractivity contribution >= 4 is 16.2 Å². The number of carbonyl (C=O) groups is 1. The molecule has 0 radical (unpaired) electrons. The van der Waals surface area contributed by atoms with Crippen LogP contribution in [0, 0.1) is 5.92 Å². The Labute approximate surface area is 106 Å². The van der Waals surface area contributed by atoms with E-state index in [1.54, 1.807) is 0 Å². The molecule has 2 aliphatic rings. The minimum Gasteiger partial charge on any atom is -0.481 e. The Morgan fingerprint density at radius 2 is 1.56 bits per heavy atom. The highest BCUT2D eigenvalue weighted by Gasteiger charge is 2.44. The molecular weight excluding hydrogens is 260 g/mol. The van der Waals surface area contributed by atoms with Gasteiger partial charge in [0.2, 0.25) is 0 Å². The minimum atomic E-state index is -3.53. The van der Waals surface area contributed by atoms with Gasteiger partial charge in [0.1, 0.15) is 0 Å². The predicted molar refractivity (Wildman–Crippen MR) is 63.2 cm³/mol. The van der Waals surface area contributed by atoms with Crippen LogP contribution in [0.5, 0.6) is 0 Å². The zero-order chi connectivity index (χ0) is 13.5. The second-order valence-corrected chi connectivity index (χ2v) is 6.86. The fraction of sp³-hybridized carbons (Fsp3) is 0.900. The summed E-state index contributed by atoms with van der Waals surface area (Å²) in [5.41, 5.74) is 0. The lowest BCUT2D eigenvalue weighted by Crippen LogP contribution is -2.60. The van der Waals surface area contributed by atoms with Crippen LogP contribution in [0.25, 0.3) is 0 Å². The Balaban J connectivity index is 2.01. The first kappa shape index (κ1) is 13.7. The van der Waals surface area contributed by atoms with Crippen molar-refractivity contribution in [3.05, 3.63) is 0 Å². The molecule has 0 saturated carbocycles. The van der Waals surface area contributed by atoms with Gasteiger partial charge < -0.3 is 9.84 Å². The molecule has 0 aromatic heterocycles. The van der Waals surface area contributed by atoms with E-state index in [0.29, 0.717) is 13.1 Å². The fourth-order valence-electron chi connectivity index (χ4n) is 2.27. The van der Waals surface area contributed by atoms with E-state index in [2.05, 4.69) is 0 Å². The van der Waals surface area contributed by atoms with Crippen LogP contribution in [-0.2, 0) is 19.7 Å². The molecular formula is C10H18N2O5S. The van der Waals surface area contributed by atoms with Gasteiger partial charge in [-0.3, -0.25) is 4.79 Å². The van der Waals surface area contributed by atoms with Gasteiger partial charge in [0.25, 0.3) is 10.2 Å². The summed E-state index contributed by atoms with van der Waals surface area (Å²) in [4.78, 5) is 10.7. The summed E-state index contributed by atoms with van der Waals surface area (Å²) in [5.74, 6) is -1.51. The van der Waals surface area contributed by atoms with Crippen molar-refractivity contribution in [2.45, 2.75) is 26.1 Å². The number of aliphatic carboxylic acids is 1. The molecule has 0 spiro atoms. The summed E-state index contributed by atoms with van der Waals surface area (Å²) < 4.78 is 32.5. The zero-order valence-electron chi connectivity index (χ0n) is 10.4. The number of rotatable bonds is 3. The third-order valence-corrected chi connectivity index (χ3v) is 5.14. The number of morpholine rings is 1. The average molecular weight is 278 g/mol. The van der Waals surface area contributed by atoms with E-state index in [1.165, 1.54) is 8.61 Å². The molecule has 104 valence electrons. The van der Waals surface area contributed by atoms with Gasteiger partial charge in [0.05, 0.1) is 18.1 Å². The van der Waals surface area contributed by atoms with Crippen LogP contribution in [0.1, 0.15) is 13.8 Å². The van der Waals surface area contributed by atoms with Crippen LogP contribution < -0.4 is 0 Å². The number of ether oxygens (including phenoxy) is 1. The van der Waals surface area contributed by atoms with Crippen LogP contribution in [0.15, 0.2) is 0 Å². The molecule has 0 bridgehead atoms. The Hall–Kier alpha value is -0.700. The molecule has 2 heterocycles. The maximum Gasteiger partial charge on any atom is 0.309 e. The highest BCUT2D eigenvalue weighted by Crippen LogP contribution is 2.24. The lowest BCUT2D eigenvalue weighted by molar-refractivity contribution is -0.145. The first-order valence-corrected chi connectivity index (χ1v) is 7.34. The van der Waals surface area contributed by atoms with Crippen molar-refractivity contribution in [1.82, 2.24) is 8.61 Å². The molecule has 2 unspecified atom stereocenters. The van der Waals surface area contributed by atoms with E-state index in [9.17, 15) is 13.2 Å². The zero-order valence-corrected chi connectivity index (χ0v) is 11.3. The normalized spacial score (nSPS) is 32.1. The molecule has 2 atom stereocenters. The summed E-state index contributed by atoms with van der Waals surface area (Å²) in [6.07, 6.45) is -0.278.